The normalized spacial score (nSPS) is 16.9. The molecule has 1 fully saturated rings. The lowest BCUT2D eigenvalue weighted by atomic mass is 10.1. The first-order valence-corrected chi connectivity index (χ1v) is 4.85. The molecular formula is C11H12N2O2. The van der Waals surface area contributed by atoms with Gasteiger partial charge in [0.25, 0.3) is 0 Å². The summed E-state index contributed by atoms with van der Waals surface area (Å²) in [6, 6.07) is 5.61. The lowest BCUT2D eigenvalue weighted by molar-refractivity contribution is -0.121. The first-order valence-electron chi connectivity index (χ1n) is 4.85. The highest BCUT2D eigenvalue weighted by Crippen LogP contribution is 2.46. The van der Waals surface area contributed by atoms with Crippen molar-refractivity contribution < 1.29 is 9.21 Å². The Hall–Kier alpha value is -1.76. The van der Waals surface area contributed by atoms with Gasteiger partial charge in [-0.2, -0.15) is 5.26 Å². The van der Waals surface area contributed by atoms with Crippen LogP contribution in [0.25, 0.3) is 0 Å². The second-order valence-electron chi connectivity index (χ2n) is 3.94. The van der Waals surface area contributed by atoms with Gasteiger partial charge in [0.15, 0.2) is 0 Å². The lowest BCUT2D eigenvalue weighted by Gasteiger charge is -2.16. The second kappa shape index (κ2) is 3.13. The summed E-state index contributed by atoms with van der Waals surface area (Å²) < 4.78 is 5.33. The minimum Gasteiger partial charge on any atom is -0.445 e. The summed E-state index contributed by atoms with van der Waals surface area (Å²) in [5.74, 6) is 1.09. The average Bonchev–Trinajstić information content (AvgIpc) is 2.93. The summed E-state index contributed by atoms with van der Waals surface area (Å²) >= 11 is 0. The van der Waals surface area contributed by atoms with Gasteiger partial charge >= 0.3 is 0 Å². The first kappa shape index (κ1) is 9.78. The van der Waals surface area contributed by atoms with E-state index in [4.69, 9.17) is 9.68 Å². The molecule has 15 heavy (non-hydrogen) atoms. The summed E-state index contributed by atoms with van der Waals surface area (Å²) in [5.41, 5.74) is -0.782. The number of amides is 1. The first-order chi connectivity index (χ1) is 7.09. The third-order valence-electron chi connectivity index (χ3n) is 2.73. The molecule has 1 heterocycles. The van der Waals surface area contributed by atoms with Crippen molar-refractivity contribution in [3.05, 3.63) is 17.9 Å². The van der Waals surface area contributed by atoms with Gasteiger partial charge in [-0.15, -0.1) is 0 Å². The van der Waals surface area contributed by atoms with E-state index in [0.29, 0.717) is 18.7 Å². The van der Waals surface area contributed by atoms with Crippen molar-refractivity contribution in [2.75, 3.05) is 11.9 Å². The van der Waals surface area contributed by atoms with Crippen molar-refractivity contribution in [2.24, 2.45) is 5.41 Å². The minimum atomic E-state index is -0.782. The molecule has 0 saturated heterocycles. The van der Waals surface area contributed by atoms with Gasteiger partial charge in [-0.05, 0) is 25.8 Å². The van der Waals surface area contributed by atoms with E-state index in [1.54, 1.807) is 19.2 Å². The van der Waals surface area contributed by atoms with Crippen LogP contribution in [0.15, 0.2) is 16.5 Å². The van der Waals surface area contributed by atoms with Crippen LogP contribution in [0.1, 0.15) is 18.6 Å². The minimum absolute atomic E-state index is 0.167. The van der Waals surface area contributed by atoms with E-state index in [-0.39, 0.29) is 5.91 Å². The Kier molecular flexibility index (Phi) is 2.04. The maximum atomic E-state index is 11.9. The number of aryl methyl sites for hydroxylation is 1. The van der Waals surface area contributed by atoms with Crippen molar-refractivity contribution in [3.63, 3.8) is 0 Å². The number of nitriles is 1. The van der Waals surface area contributed by atoms with Crippen LogP contribution < -0.4 is 4.90 Å². The Bertz CT molecular complexity index is 438. The fourth-order valence-corrected chi connectivity index (χ4v) is 1.52. The number of rotatable bonds is 2. The molecule has 0 spiro atoms. The molecular weight excluding hydrogens is 192 g/mol. The Labute approximate surface area is 88.1 Å². The molecule has 1 amide bonds. The van der Waals surface area contributed by atoms with E-state index in [0.717, 1.165) is 5.76 Å². The molecule has 1 aromatic heterocycles. The zero-order valence-electron chi connectivity index (χ0n) is 8.78. The maximum absolute atomic E-state index is 11.9. The fraction of sp³-hybridized carbons (Fsp3) is 0.455. The summed E-state index contributed by atoms with van der Waals surface area (Å²) in [5, 5.41) is 8.90. The third-order valence-corrected chi connectivity index (χ3v) is 2.73. The van der Waals surface area contributed by atoms with Gasteiger partial charge < -0.3 is 4.42 Å². The van der Waals surface area contributed by atoms with Crippen molar-refractivity contribution >= 4 is 11.8 Å². The quantitative estimate of drug-likeness (QED) is 0.738. The molecule has 1 aliphatic rings. The molecule has 2 rings (SSSR count). The molecule has 0 radical (unpaired) electrons. The molecule has 0 bridgehead atoms. The molecule has 1 aromatic rings. The average molecular weight is 204 g/mol. The lowest BCUT2D eigenvalue weighted by Crippen LogP contribution is -2.33. The number of nitrogens with zero attached hydrogens (tertiary/aromatic N) is 2. The van der Waals surface area contributed by atoms with Crippen molar-refractivity contribution in [1.29, 1.82) is 5.26 Å². The van der Waals surface area contributed by atoms with Crippen LogP contribution in [0.4, 0.5) is 5.88 Å². The molecule has 0 aromatic carbocycles. The Morgan fingerprint density at radius 2 is 2.27 bits per heavy atom. The van der Waals surface area contributed by atoms with Gasteiger partial charge in [-0.1, -0.05) is 0 Å². The molecule has 1 saturated carbocycles. The molecule has 0 aliphatic heterocycles. The van der Waals surface area contributed by atoms with Crippen molar-refractivity contribution in [1.82, 2.24) is 0 Å². The van der Waals surface area contributed by atoms with Crippen LogP contribution in [0.5, 0.6) is 0 Å². The van der Waals surface area contributed by atoms with Gasteiger partial charge in [-0.25, -0.2) is 0 Å². The molecule has 1 aliphatic carbocycles. The van der Waals surface area contributed by atoms with Crippen LogP contribution in [0.2, 0.25) is 0 Å². The van der Waals surface area contributed by atoms with Crippen LogP contribution in [0.3, 0.4) is 0 Å². The molecule has 0 atom stereocenters. The summed E-state index contributed by atoms with van der Waals surface area (Å²) in [4.78, 5) is 13.3. The predicted molar refractivity (Wildman–Crippen MR) is 54.1 cm³/mol. The smallest absolute Gasteiger partial charge is 0.249 e. The zero-order chi connectivity index (χ0) is 11.1. The van der Waals surface area contributed by atoms with Gasteiger partial charge in [0, 0.05) is 13.1 Å². The number of furan rings is 1. The number of hydrogen-bond acceptors (Lipinski definition) is 3. The Morgan fingerprint density at radius 1 is 1.60 bits per heavy atom. The second-order valence-corrected chi connectivity index (χ2v) is 3.94. The molecule has 0 unspecified atom stereocenters. The van der Waals surface area contributed by atoms with E-state index in [2.05, 4.69) is 6.07 Å². The third kappa shape index (κ3) is 1.50. The summed E-state index contributed by atoms with van der Waals surface area (Å²) in [6.45, 7) is 1.82. The predicted octanol–water partition coefficient (Wildman–Crippen LogP) is 1.85. The molecule has 4 nitrogen and oxygen atoms in total. The standard InChI is InChI=1S/C11H12N2O2/c1-8-3-4-9(15-8)13(2)10(14)11(7-12)5-6-11/h3-4H,5-6H2,1-2H3. The summed E-state index contributed by atoms with van der Waals surface area (Å²) in [6.07, 6.45) is 1.32. The van der Waals surface area contributed by atoms with Crippen molar-refractivity contribution in [3.8, 4) is 6.07 Å². The van der Waals surface area contributed by atoms with Crippen LogP contribution in [-0.4, -0.2) is 13.0 Å². The topological polar surface area (TPSA) is 57.2 Å². The highest BCUT2D eigenvalue weighted by Gasteiger charge is 2.52. The van der Waals surface area contributed by atoms with E-state index in [9.17, 15) is 4.79 Å². The van der Waals surface area contributed by atoms with Gasteiger partial charge in [0.05, 0.1) is 6.07 Å². The molecule has 4 heteroatoms. The van der Waals surface area contributed by atoms with Crippen LogP contribution in [-0.2, 0) is 4.79 Å². The van der Waals surface area contributed by atoms with Crippen LogP contribution in [0, 0.1) is 23.7 Å². The Balaban J connectivity index is 2.19. The highest BCUT2D eigenvalue weighted by molar-refractivity contribution is 5.99. The summed E-state index contributed by atoms with van der Waals surface area (Å²) in [7, 11) is 1.64. The van der Waals surface area contributed by atoms with Crippen LogP contribution >= 0.6 is 0 Å². The molecule has 78 valence electrons. The van der Waals surface area contributed by atoms with E-state index in [1.165, 1.54) is 4.90 Å². The van der Waals surface area contributed by atoms with Gasteiger partial charge in [-0.3, -0.25) is 9.69 Å². The number of carbonyl (C=O) groups excluding carboxylic acids is 1. The monoisotopic (exact) mass is 204 g/mol. The zero-order valence-corrected chi connectivity index (χ0v) is 8.78. The maximum Gasteiger partial charge on any atom is 0.249 e. The fourth-order valence-electron chi connectivity index (χ4n) is 1.52. The van der Waals surface area contributed by atoms with E-state index < -0.39 is 5.41 Å². The largest absolute Gasteiger partial charge is 0.445 e. The van der Waals surface area contributed by atoms with Gasteiger partial charge in [0.2, 0.25) is 11.8 Å². The number of anilines is 1. The van der Waals surface area contributed by atoms with Crippen molar-refractivity contribution in [2.45, 2.75) is 19.8 Å². The SMILES string of the molecule is Cc1ccc(N(C)C(=O)C2(C#N)CC2)o1. The molecule has 0 N–H and O–H groups in total. The number of carbonyl (C=O) groups is 1. The van der Waals surface area contributed by atoms with E-state index in [1.807, 2.05) is 6.92 Å². The highest BCUT2D eigenvalue weighted by atomic mass is 16.4. The number of hydrogen-bond donors (Lipinski definition) is 0. The van der Waals surface area contributed by atoms with Gasteiger partial charge in [0.1, 0.15) is 11.2 Å². The van der Waals surface area contributed by atoms with E-state index >= 15 is 0 Å². The Morgan fingerprint density at radius 3 is 2.67 bits per heavy atom.